The van der Waals surface area contributed by atoms with E-state index in [2.05, 4.69) is 23.8 Å². The van der Waals surface area contributed by atoms with Gasteiger partial charge in [-0.25, -0.2) is 4.79 Å². The molecular formula is C17H23NO4. The van der Waals surface area contributed by atoms with E-state index in [0.717, 1.165) is 16.7 Å². The molecule has 0 bridgehead atoms. The van der Waals surface area contributed by atoms with Crippen LogP contribution in [0.1, 0.15) is 22.3 Å². The monoisotopic (exact) mass is 305 g/mol. The van der Waals surface area contributed by atoms with Crippen molar-refractivity contribution < 1.29 is 19.1 Å². The van der Waals surface area contributed by atoms with Crippen molar-refractivity contribution in [2.24, 2.45) is 0 Å². The van der Waals surface area contributed by atoms with E-state index in [0.29, 0.717) is 19.6 Å². The summed E-state index contributed by atoms with van der Waals surface area (Å²) in [6, 6.07) is 4.18. The summed E-state index contributed by atoms with van der Waals surface area (Å²) in [6.45, 7) is 7.23. The smallest absolute Gasteiger partial charge is 0.336 e. The zero-order chi connectivity index (χ0) is 16.3. The van der Waals surface area contributed by atoms with Crippen LogP contribution in [0.4, 0.5) is 0 Å². The summed E-state index contributed by atoms with van der Waals surface area (Å²) in [5.41, 5.74) is 4.52. The fourth-order valence-corrected chi connectivity index (χ4v) is 2.90. The molecule has 2 rings (SSSR count). The lowest BCUT2D eigenvalue weighted by molar-refractivity contribution is -0.162. The number of nitrogens with zero attached hydrogens (tertiary/aromatic N) is 1. The summed E-state index contributed by atoms with van der Waals surface area (Å²) in [4.78, 5) is 25.8. The number of carbonyl (C=O) groups is 2. The van der Waals surface area contributed by atoms with Crippen LogP contribution in [0.3, 0.4) is 0 Å². The van der Waals surface area contributed by atoms with Crippen molar-refractivity contribution in [1.82, 2.24) is 4.90 Å². The van der Waals surface area contributed by atoms with Crippen molar-refractivity contribution in [2.45, 2.75) is 33.3 Å². The Morgan fingerprint density at radius 1 is 1.27 bits per heavy atom. The Hall–Kier alpha value is -1.88. The first-order valence-corrected chi connectivity index (χ1v) is 7.46. The van der Waals surface area contributed by atoms with Crippen LogP contribution in [0, 0.1) is 20.8 Å². The van der Waals surface area contributed by atoms with E-state index >= 15 is 0 Å². The van der Waals surface area contributed by atoms with Crippen LogP contribution >= 0.6 is 0 Å². The van der Waals surface area contributed by atoms with Crippen molar-refractivity contribution in [2.75, 3.05) is 26.8 Å². The minimum Gasteiger partial charge on any atom is -0.467 e. The second-order valence-corrected chi connectivity index (χ2v) is 5.78. The minimum absolute atomic E-state index is 0.0206. The Labute approximate surface area is 131 Å². The largest absolute Gasteiger partial charge is 0.467 e. The van der Waals surface area contributed by atoms with Crippen LogP contribution in [-0.4, -0.2) is 49.7 Å². The lowest BCUT2D eigenvalue weighted by Gasteiger charge is -2.31. The zero-order valence-electron chi connectivity index (χ0n) is 13.6. The van der Waals surface area contributed by atoms with Crippen molar-refractivity contribution in [3.05, 3.63) is 34.4 Å². The predicted molar refractivity (Wildman–Crippen MR) is 82.7 cm³/mol. The maximum Gasteiger partial charge on any atom is 0.336 e. The summed E-state index contributed by atoms with van der Waals surface area (Å²) in [5, 5.41) is 0. The third kappa shape index (κ3) is 3.65. The summed E-state index contributed by atoms with van der Waals surface area (Å²) in [5.74, 6) is -0.410. The van der Waals surface area contributed by atoms with Crippen LogP contribution in [0.25, 0.3) is 0 Å². The number of amides is 1. The van der Waals surface area contributed by atoms with E-state index in [4.69, 9.17) is 4.74 Å². The maximum atomic E-state index is 12.5. The number of esters is 1. The van der Waals surface area contributed by atoms with Gasteiger partial charge in [0.05, 0.1) is 26.7 Å². The molecule has 5 heteroatoms. The second-order valence-electron chi connectivity index (χ2n) is 5.78. The number of benzene rings is 1. The molecule has 120 valence electrons. The molecule has 1 fully saturated rings. The van der Waals surface area contributed by atoms with Crippen LogP contribution in [0.2, 0.25) is 0 Å². The van der Waals surface area contributed by atoms with Gasteiger partial charge in [-0.2, -0.15) is 0 Å². The molecule has 0 spiro atoms. The Bertz CT molecular complexity index is 559. The Morgan fingerprint density at radius 3 is 2.50 bits per heavy atom. The van der Waals surface area contributed by atoms with Gasteiger partial charge in [-0.05, 0) is 37.5 Å². The molecule has 1 aliphatic rings. The molecule has 1 saturated heterocycles. The first-order valence-electron chi connectivity index (χ1n) is 7.46. The van der Waals surface area contributed by atoms with E-state index in [9.17, 15) is 9.59 Å². The number of hydrogen-bond donors (Lipinski definition) is 0. The fourth-order valence-electron chi connectivity index (χ4n) is 2.90. The summed E-state index contributed by atoms with van der Waals surface area (Å²) >= 11 is 0. The SMILES string of the molecule is COC(=O)[C@@H]1CN(C(=O)Cc2c(C)cc(C)cc2C)CCO1. The molecule has 1 heterocycles. The van der Waals surface area contributed by atoms with Crippen molar-refractivity contribution >= 4 is 11.9 Å². The van der Waals surface area contributed by atoms with Gasteiger partial charge in [-0.3, -0.25) is 4.79 Å². The molecular weight excluding hydrogens is 282 g/mol. The summed E-state index contributed by atoms with van der Waals surface area (Å²) in [6.07, 6.45) is -0.325. The van der Waals surface area contributed by atoms with Gasteiger partial charge in [-0.15, -0.1) is 0 Å². The first-order chi connectivity index (χ1) is 10.4. The van der Waals surface area contributed by atoms with Crippen molar-refractivity contribution in [1.29, 1.82) is 0 Å². The molecule has 0 saturated carbocycles. The van der Waals surface area contributed by atoms with E-state index in [1.165, 1.54) is 12.7 Å². The van der Waals surface area contributed by atoms with Crippen LogP contribution in [0.15, 0.2) is 12.1 Å². The average Bonchev–Trinajstić information content (AvgIpc) is 2.50. The minimum atomic E-state index is -0.678. The molecule has 1 atom stereocenters. The zero-order valence-corrected chi connectivity index (χ0v) is 13.6. The molecule has 0 unspecified atom stereocenters. The molecule has 0 aromatic heterocycles. The molecule has 1 aromatic rings. The summed E-state index contributed by atoms with van der Waals surface area (Å²) < 4.78 is 10.0. The van der Waals surface area contributed by atoms with E-state index in [1.807, 2.05) is 13.8 Å². The van der Waals surface area contributed by atoms with E-state index < -0.39 is 12.1 Å². The predicted octanol–water partition coefficient (Wildman–Crippen LogP) is 1.55. The molecule has 0 aliphatic carbocycles. The number of morpholine rings is 1. The highest BCUT2D eigenvalue weighted by molar-refractivity contribution is 5.81. The topological polar surface area (TPSA) is 55.8 Å². The Kier molecular flexibility index (Phi) is 5.19. The third-order valence-electron chi connectivity index (χ3n) is 4.05. The van der Waals surface area contributed by atoms with Gasteiger partial charge in [0.2, 0.25) is 5.91 Å². The van der Waals surface area contributed by atoms with Gasteiger partial charge in [0.15, 0.2) is 6.10 Å². The quantitative estimate of drug-likeness (QED) is 0.795. The molecule has 1 aliphatic heterocycles. The molecule has 22 heavy (non-hydrogen) atoms. The van der Waals surface area contributed by atoms with Gasteiger partial charge in [0.25, 0.3) is 0 Å². The van der Waals surface area contributed by atoms with E-state index in [-0.39, 0.29) is 12.5 Å². The number of aryl methyl sites for hydroxylation is 3. The van der Waals surface area contributed by atoms with Gasteiger partial charge in [-0.1, -0.05) is 17.7 Å². The van der Waals surface area contributed by atoms with Gasteiger partial charge >= 0.3 is 5.97 Å². The lowest BCUT2D eigenvalue weighted by Crippen LogP contribution is -2.49. The molecule has 0 radical (unpaired) electrons. The van der Waals surface area contributed by atoms with Crippen molar-refractivity contribution in [3.63, 3.8) is 0 Å². The van der Waals surface area contributed by atoms with Crippen LogP contribution < -0.4 is 0 Å². The van der Waals surface area contributed by atoms with E-state index in [1.54, 1.807) is 4.90 Å². The molecule has 5 nitrogen and oxygen atoms in total. The molecule has 1 amide bonds. The standard InChI is InChI=1S/C17H23NO4/c1-11-7-12(2)14(13(3)8-11)9-16(19)18-5-6-22-15(10-18)17(20)21-4/h7-8,15H,5-6,9-10H2,1-4H3/t15-/m0/s1. The Morgan fingerprint density at radius 2 is 1.91 bits per heavy atom. The lowest BCUT2D eigenvalue weighted by atomic mass is 9.97. The fraction of sp³-hybridized carbons (Fsp3) is 0.529. The van der Waals surface area contributed by atoms with Crippen molar-refractivity contribution in [3.8, 4) is 0 Å². The average molecular weight is 305 g/mol. The van der Waals surface area contributed by atoms with Gasteiger partial charge in [0.1, 0.15) is 0 Å². The highest BCUT2D eigenvalue weighted by atomic mass is 16.6. The molecule has 0 N–H and O–H groups in total. The normalized spacial score (nSPS) is 18.2. The highest BCUT2D eigenvalue weighted by Crippen LogP contribution is 2.18. The number of methoxy groups -OCH3 is 1. The van der Waals surface area contributed by atoms with Gasteiger partial charge < -0.3 is 14.4 Å². The molecule has 1 aromatic carbocycles. The van der Waals surface area contributed by atoms with Crippen LogP contribution in [0.5, 0.6) is 0 Å². The number of rotatable bonds is 3. The number of carbonyl (C=O) groups excluding carboxylic acids is 2. The van der Waals surface area contributed by atoms with Gasteiger partial charge in [0, 0.05) is 6.54 Å². The third-order valence-corrected chi connectivity index (χ3v) is 4.05. The first kappa shape index (κ1) is 16.5. The summed E-state index contributed by atoms with van der Waals surface area (Å²) in [7, 11) is 1.32. The number of ether oxygens (including phenoxy) is 2. The highest BCUT2D eigenvalue weighted by Gasteiger charge is 2.30. The Balaban J connectivity index is 2.08. The second kappa shape index (κ2) is 6.92. The van der Waals surface area contributed by atoms with Crippen LogP contribution in [-0.2, 0) is 25.5 Å². The maximum absolute atomic E-state index is 12.5. The number of hydrogen-bond acceptors (Lipinski definition) is 4.